The highest BCUT2D eigenvalue weighted by molar-refractivity contribution is 9.10. The van der Waals surface area contributed by atoms with Gasteiger partial charge in [-0.3, -0.25) is 4.79 Å². The number of carbonyl (C=O) groups is 2. The average molecular weight is 467 g/mol. The number of amides is 1. The third kappa shape index (κ3) is 4.26. The number of halogens is 1. The Morgan fingerprint density at radius 1 is 1.04 bits per heavy atom. The number of nitrogens with one attached hydrogen (secondary N) is 1. The number of hydrogen-bond donors (Lipinski definition) is 2. The molecule has 2 aromatic carbocycles. The van der Waals surface area contributed by atoms with Crippen LogP contribution < -0.4 is 5.32 Å². The lowest BCUT2D eigenvalue weighted by molar-refractivity contribution is 0.0698. The number of anilines is 1. The van der Waals surface area contributed by atoms with Gasteiger partial charge >= 0.3 is 5.97 Å². The summed E-state index contributed by atoms with van der Waals surface area (Å²) in [5.41, 5.74) is 0.219. The number of carboxylic acids is 1. The van der Waals surface area contributed by atoms with Gasteiger partial charge < -0.3 is 10.4 Å². The number of carbonyl (C=O) groups excluding carboxylic acids is 1. The van der Waals surface area contributed by atoms with E-state index in [0.717, 1.165) is 19.3 Å². The zero-order valence-corrected chi connectivity index (χ0v) is 17.3. The summed E-state index contributed by atoms with van der Waals surface area (Å²) in [7, 11) is -3.73. The molecule has 0 unspecified atom stereocenters. The van der Waals surface area contributed by atoms with E-state index < -0.39 is 21.9 Å². The molecule has 0 saturated carbocycles. The third-order valence-corrected chi connectivity index (χ3v) is 7.42. The highest BCUT2D eigenvalue weighted by Gasteiger charge is 2.28. The summed E-state index contributed by atoms with van der Waals surface area (Å²) in [6.45, 7) is 0.911. The van der Waals surface area contributed by atoms with Crippen LogP contribution in [-0.4, -0.2) is 42.8 Å². The fourth-order valence-corrected chi connectivity index (χ4v) is 5.53. The molecule has 2 aromatic rings. The number of rotatable bonds is 5. The summed E-state index contributed by atoms with van der Waals surface area (Å²) in [5.74, 6) is -1.75. The maximum atomic E-state index is 13.0. The minimum atomic E-state index is -3.73. The van der Waals surface area contributed by atoms with Gasteiger partial charge in [-0.05, 0) is 59.1 Å². The van der Waals surface area contributed by atoms with E-state index in [4.69, 9.17) is 0 Å². The molecule has 2 N–H and O–H groups in total. The van der Waals surface area contributed by atoms with Crippen molar-refractivity contribution in [2.24, 2.45) is 0 Å². The molecule has 1 aliphatic rings. The van der Waals surface area contributed by atoms with E-state index in [1.807, 2.05) is 0 Å². The molecule has 1 heterocycles. The summed E-state index contributed by atoms with van der Waals surface area (Å²) in [4.78, 5) is 24.0. The van der Waals surface area contributed by atoms with Crippen LogP contribution in [0.5, 0.6) is 0 Å². The highest BCUT2D eigenvalue weighted by atomic mass is 79.9. The van der Waals surface area contributed by atoms with Crippen LogP contribution in [0.4, 0.5) is 5.69 Å². The topological polar surface area (TPSA) is 104 Å². The van der Waals surface area contributed by atoms with Crippen molar-refractivity contribution in [3.05, 3.63) is 58.1 Å². The lowest BCUT2D eigenvalue weighted by atomic mass is 10.1. The summed E-state index contributed by atoms with van der Waals surface area (Å²) >= 11 is 3.26. The number of benzene rings is 2. The molecule has 148 valence electrons. The van der Waals surface area contributed by atoms with Crippen LogP contribution in [-0.2, 0) is 10.0 Å². The molecule has 1 fully saturated rings. The number of hydrogen-bond acceptors (Lipinski definition) is 4. The minimum Gasteiger partial charge on any atom is -0.478 e. The fourth-order valence-electron chi connectivity index (χ4n) is 3.06. The Bertz CT molecular complexity index is 1020. The molecule has 9 heteroatoms. The van der Waals surface area contributed by atoms with E-state index in [0.29, 0.717) is 17.6 Å². The Kier molecular flexibility index (Phi) is 6.17. The van der Waals surface area contributed by atoms with E-state index in [9.17, 15) is 23.1 Å². The summed E-state index contributed by atoms with van der Waals surface area (Å²) in [6.07, 6.45) is 2.62. The zero-order chi connectivity index (χ0) is 20.3. The van der Waals surface area contributed by atoms with Crippen molar-refractivity contribution in [2.45, 2.75) is 24.2 Å². The molecule has 1 aliphatic heterocycles. The number of carboxylic acid groups (broad SMARTS) is 1. The maximum absolute atomic E-state index is 13.0. The second-order valence-electron chi connectivity index (χ2n) is 6.41. The van der Waals surface area contributed by atoms with E-state index in [1.54, 1.807) is 12.1 Å². The van der Waals surface area contributed by atoms with Crippen molar-refractivity contribution in [2.75, 3.05) is 18.4 Å². The lowest BCUT2D eigenvalue weighted by Crippen LogP contribution is -2.35. The SMILES string of the molecule is O=C(Nc1ccccc1C(=O)O)c1ccc(Br)c(S(=O)(=O)N2CCCCC2)c1. The first-order valence-corrected chi connectivity index (χ1v) is 11.0. The van der Waals surface area contributed by atoms with Crippen LogP contribution in [0.1, 0.15) is 40.0 Å². The maximum Gasteiger partial charge on any atom is 0.337 e. The van der Waals surface area contributed by atoms with Crippen molar-refractivity contribution >= 4 is 43.5 Å². The van der Waals surface area contributed by atoms with Gasteiger partial charge in [0.2, 0.25) is 10.0 Å². The Hall–Kier alpha value is -2.23. The monoisotopic (exact) mass is 466 g/mol. The molecular formula is C19H19BrN2O5S. The van der Waals surface area contributed by atoms with Crippen LogP contribution in [0.25, 0.3) is 0 Å². The van der Waals surface area contributed by atoms with Gasteiger partial charge in [0.15, 0.2) is 0 Å². The second kappa shape index (κ2) is 8.42. The van der Waals surface area contributed by atoms with Crippen molar-refractivity contribution < 1.29 is 23.1 Å². The summed E-state index contributed by atoms with van der Waals surface area (Å²) in [6, 6.07) is 10.3. The molecule has 1 saturated heterocycles. The van der Waals surface area contributed by atoms with Gasteiger partial charge in [-0.15, -0.1) is 0 Å². The molecule has 3 rings (SSSR count). The Morgan fingerprint density at radius 2 is 1.71 bits per heavy atom. The molecule has 0 bridgehead atoms. The molecule has 0 aliphatic carbocycles. The summed E-state index contributed by atoms with van der Waals surface area (Å²) < 4.78 is 27.7. The Balaban J connectivity index is 1.91. The molecule has 0 spiro atoms. The molecule has 7 nitrogen and oxygen atoms in total. The van der Waals surface area contributed by atoms with Gasteiger partial charge in [0, 0.05) is 23.1 Å². The molecule has 1 amide bonds. The van der Waals surface area contributed by atoms with Crippen LogP contribution in [0.3, 0.4) is 0 Å². The normalized spacial score (nSPS) is 15.2. The van der Waals surface area contributed by atoms with Crippen molar-refractivity contribution in [1.82, 2.24) is 4.31 Å². The number of sulfonamides is 1. The van der Waals surface area contributed by atoms with Gasteiger partial charge in [0.25, 0.3) is 5.91 Å². The summed E-state index contributed by atoms with van der Waals surface area (Å²) in [5, 5.41) is 11.8. The lowest BCUT2D eigenvalue weighted by Gasteiger charge is -2.26. The van der Waals surface area contributed by atoms with Crippen LogP contribution in [0.15, 0.2) is 51.8 Å². The molecule has 0 atom stereocenters. The van der Waals surface area contributed by atoms with Crippen LogP contribution in [0, 0.1) is 0 Å². The van der Waals surface area contributed by atoms with Gasteiger partial charge in [-0.2, -0.15) is 4.31 Å². The average Bonchev–Trinajstić information content (AvgIpc) is 2.69. The van der Waals surface area contributed by atoms with Crippen molar-refractivity contribution in [3.63, 3.8) is 0 Å². The first-order valence-electron chi connectivity index (χ1n) is 8.74. The Labute approximate surface area is 171 Å². The molecular weight excluding hydrogens is 448 g/mol. The first-order chi connectivity index (χ1) is 13.3. The number of aromatic carboxylic acids is 1. The number of nitrogens with zero attached hydrogens (tertiary/aromatic N) is 1. The van der Waals surface area contributed by atoms with Crippen molar-refractivity contribution in [1.29, 1.82) is 0 Å². The first kappa shape index (κ1) is 20.5. The smallest absolute Gasteiger partial charge is 0.337 e. The van der Waals surface area contributed by atoms with E-state index in [-0.39, 0.29) is 21.7 Å². The predicted molar refractivity (Wildman–Crippen MR) is 108 cm³/mol. The van der Waals surface area contributed by atoms with E-state index in [1.165, 1.54) is 34.6 Å². The quantitative estimate of drug-likeness (QED) is 0.700. The molecule has 0 radical (unpaired) electrons. The third-order valence-electron chi connectivity index (χ3n) is 4.53. The number of piperidine rings is 1. The second-order valence-corrected chi connectivity index (χ2v) is 9.18. The molecule has 28 heavy (non-hydrogen) atoms. The Morgan fingerprint density at radius 3 is 2.39 bits per heavy atom. The van der Waals surface area contributed by atoms with Gasteiger partial charge in [-0.1, -0.05) is 18.6 Å². The van der Waals surface area contributed by atoms with Gasteiger partial charge in [0.05, 0.1) is 16.1 Å². The van der Waals surface area contributed by atoms with Crippen LogP contribution >= 0.6 is 15.9 Å². The predicted octanol–water partition coefficient (Wildman–Crippen LogP) is 3.57. The number of para-hydroxylation sites is 1. The van der Waals surface area contributed by atoms with Crippen molar-refractivity contribution in [3.8, 4) is 0 Å². The highest BCUT2D eigenvalue weighted by Crippen LogP contribution is 2.28. The van der Waals surface area contributed by atoms with Crippen LogP contribution in [0.2, 0.25) is 0 Å². The standard InChI is InChI=1S/C19H19BrN2O5S/c20-15-9-8-13(12-17(15)28(26,27)22-10-4-1-5-11-22)18(23)21-16-7-3-2-6-14(16)19(24)25/h2-3,6-9,12H,1,4-5,10-11H2,(H,21,23)(H,24,25). The van der Waals surface area contributed by atoms with E-state index >= 15 is 0 Å². The molecule has 0 aromatic heterocycles. The fraction of sp³-hybridized carbons (Fsp3) is 0.263. The minimum absolute atomic E-state index is 0.0218. The van der Waals surface area contributed by atoms with Gasteiger partial charge in [0.1, 0.15) is 0 Å². The van der Waals surface area contributed by atoms with E-state index in [2.05, 4.69) is 21.2 Å². The largest absolute Gasteiger partial charge is 0.478 e. The van der Waals surface area contributed by atoms with Gasteiger partial charge in [-0.25, -0.2) is 13.2 Å². The zero-order valence-electron chi connectivity index (χ0n) is 14.9.